The number of nitrogens with zero attached hydrogens (tertiary/aromatic N) is 3. The van der Waals surface area contributed by atoms with Gasteiger partial charge in [0.25, 0.3) is 0 Å². The third-order valence-corrected chi connectivity index (χ3v) is 12.1. The van der Waals surface area contributed by atoms with Crippen molar-refractivity contribution < 1.29 is 8.83 Å². The third kappa shape index (κ3) is 5.12. The Kier molecular flexibility index (Phi) is 7.03. The number of furan rings is 2. The maximum absolute atomic E-state index is 6.84. The first-order chi connectivity index (χ1) is 28.2. The van der Waals surface area contributed by atoms with Crippen LogP contribution >= 0.6 is 11.3 Å². The summed E-state index contributed by atoms with van der Waals surface area (Å²) in [5.74, 6) is 1.82. The second-order valence-electron chi connectivity index (χ2n) is 14.3. The van der Waals surface area contributed by atoms with Gasteiger partial charge in [-0.2, -0.15) is 0 Å². The molecule has 57 heavy (non-hydrogen) atoms. The van der Waals surface area contributed by atoms with Crippen LogP contribution in [0.4, 0.5) is 0 Å². The number of rotatable bonds is 5. The van der Waals surface area contributed by atoms with Crippen LogP contribution in [0, 0.1) is 0 Å². The zero-order valence-electron chi connectivity index (χ0n) is 30.3. The van der Waals surface area contributed by atoms with E-state index >= 15 is 0 Å². The Morgan fingerprint density at radius 1 is 0.333 bits per heavy atom. The third-order valence-electron chi connectivity index (χ3n) is 10.9. The smallest absolute Gasteiger partial charge is 0.164 e. The first-order valence-electron chi connectivity index (χ1n) is 18.9. The summed E-state index contributed by atoms with van der Waals surface area (Å²) in [6, 6.07) is 60.8. The lowest BCUT2D eigenvalue weighted by atomic mass is 9.93. The minimum Gasteiger partial charge on any atom is -0.456 e. The predicted molar refractivity (Wildman–Crippen MR) is 234 cm³/mol. The summed E-state index contributed by atoms with van der Waals surface area (Å²) in [4.78, 5) is 15.1. The number of thiophene rings is 1. The van der Waals surface area contributed by atoms with Crippen molar-refractivity contribution in [2.24, 2.45) is 0 Å². The molecule has 0 bridgehead atoms. The average Bonchev–Trinajstić information content (AvgIpc) is 3.97. The number of aromatic nitrogens is 3. The fourth-order valence-corrected chi connectivity index (χ4v) is 9.41. The van der Waals surface area contributed by atoms with Crippen LogP contribution in [-0.4, -0.2) is 15.0 Å². The molecule has 12 rings (SSSR count). The molecule has 0 saturated heterocycles. The molecule has 266 valence electrons. The van der Waals surface area contributed by atoms with E-state index in [2.05, 4.69) is 91.0 Å². The molecule has 5 nitrogen and oxygen atoms in total. The van der Waals surface area contributed by atoms with Crippen LogP contribution in [0.1, 0.15) is 0 Å². The number of para-hydroxylation sites is 2. The first kappa shape index (κ1) is 31.9. The van der Waals surface area contributed by atoms with E-state index in [1.54, 1.807) is 0 Å². The Labute approximate surface area is 330 Å². The van der Waals surface area contributed by atoms with E-state index in [0.29, 0.717) is 17.5 Å². The summed E-state index contributed by atoms with van der Waals surface area (Å²) >= 11 is 1.83. The van der Waals surface area contributed by atoms with Crippen LogP contribution in [0.5, 0.6) is 0 Å². The fraction of sp³-hybridized carbons (Fsp3) is 0. The van der Waals surface area contributed by atoms with Gasteiger partial charge in [0.15, 0.2) is 17.5 Å². The van der Waals surface area contributed by atoms with Crippen molar-refractivity contribution in [2.45, 2.75) is 0 Å². The molecule has 8 aromatic carbocycles. The van der Waals surface area contributed by atoms with E-state index in [4.69, 9.17) is 23.8 Å². The maximum atomic E-state index is 6.84. The van der Waals surface area contributed by atoms with Crippen molar-refractivity contribution in [3.63, 3.8) is 0 Å². The summed E-state index contributed by atoms with van der Waals surface area (Å²) in [6.45, 7) is 0. The van der Waals surface area contributed by atoms with Gasteiger partial charge in [-0.25, -0.2) is 15.0 Å². The van der Waals surface area contributed by atoms with E-state index < -0.39 is 0 Å². The molecule has 0 atom stereocenters. The molecule has 0 aliphatic carbocycles. The molecule has 0 radical (unpaired) electrons. The molecule has 4 aromatic heterocycles. The van der Waals surface area contributed by atoms with Gasteiger partial charge >= 0.3 is 0 Å². The zero-order valence-corrected chi connectivity index (χ0v) is 31.1. The van der Waals surface area contributed by atoms with Gasteiger partial charge in [-0.1, -0.05) is 133 Å². The van der Waals surface area contributed by atoms with E-state index in [0.717, 1.165) is 82.8 Å². The Morgan fingerprint density at radius 2 is 0.947 bits per heavy atom. The molecule has 0 unspecified atom stereocenters. The summed E-state index contributed by atoms with van der Waals surface area (Å²) in [7, 11) is 0. The molecule has 0 N–H and O–H groups in total. The quantitative estimate of drug-likeness (QED) is 0.175. The van der Waals surface area contributed by atoms with Gasteiger partial charge in [0.2, 0.25) is 0 Å². The van der Waals surface area contributed by atoms with Crippen molar-refractivity contribution in [1.82, 2.24) is 15.0 Å². The molecule has 12 aromatic rings. The normalized spacial score (nSPS) is 11.9. The van der Waals surface area contributed by atoms with Crippen molar-refractivity contribution in [1.29, 1.82) is 0 Å². The largest absolute Gasteiger partial charge is 0.456 e. The Morgan fingerprint density at radius 3 is 1.75 bits per heavy atom. The summed E-state index contributed by atoms with van der Waals surface area (Å²) in [6.07, 6.45) is 0. The Bertz CT molecular complexity index is 3470. The second-order valence-corrected chi connectivity index (χ2v) is 15.4. The molecule has 0 spiro atoms. The number of benzene rings is 8. The monoisotopic (exact) mass is 747 g/mol. The molecular weight excluding hydrogens is 719 g/mol. The highest BCUT2D eigenvalue weighted by Gasteiger charge is 2.22. The van der Waals surface area contributed by atoms with Crippen molar-refractivity contribution in [3.8, 4) is 56.4 Å². The second kappa shape index (κ2) is 12.6. The molecule has 0 fully saturated rings. The SMILES string of the molecule is c1ccc(-c2nc(-c3ccccc3)nc(-c3cccc4oc5c(-c6cc(-c7ccc8sc9ccccc9c8c7)c7c(c6)oc6ccccc67)cccc5c34)n2)cc1. The molecular formula is C51H29N3O2S. The average molecular weight is 748 g/mol. The van der Waals surface area contributed by atoms with Crippen LogP contribution in [0.25, 0.3) is 120 Å². The van der Waals surface area contributed by atoms with Gasteiger partial charge in [-0.3, -0.25) is 0 Å². The maximum Gasteiger partial charge on any atom is 0.164 e. The highest BCUT2D eigenvalue weighted by molar-refractivity contribution is 7.25. The van der Waals surface area contributed by atoms with Crippen LogP contribution in [-0.2, 0) is 0 Å². The molecule has 0 aliphatic rings. The molecule has 0 saturated carbocycles. The van der Waals surface area contributed by atoms with Gasteiger partial charge in [0, 0.05) is 64.0 Å². The Balaban J connectivity index is 1.08. The highest BCUT2D eigenvalue weighted by Crippen LogP contribution is 2.45. The predicted octanol–water partition coefficient (Wildman–Crippen LogP) is 14.4. The van der Waals surface area contributed by atoms with E-state index in [-0.39, 0.29) is 0 Å². The molecule has 0 aliphatic heterocycles. The van der Waals surface area contributed by atoms with Crippen molar-refractivity contribution >= 4 is 75.4 Å². The number of hydrogen-bond acceptors (Lipinski definition) is 6. The van der Waals surface area contributed by atoms with Gasteiger partial charge in [0.1, 0.15) is 22.3 Å². The van der Waals surface area contributed by atoms with Crippen LogP contribution in [0.3, 0.4) is 0 Å². The lowest BCUT2D eigenvalue weighted by molar-refractivity contribution is 0.668. The standard InChI is InChI=1S/C51H29N3O2S/c1-3-13-30(14-4-1)49-52-50(31-15-5-2-6-16-31)54-51(53-49)38-21-12-23-42-47(38)37-20-11-19-34(48(37)56-42)33-28-39(46-36-18-7-9-22-41(36)55-43(46)29-33)32-25-26-45-40(27-32)35-17-8-10-24-44(35)57-45/h1-29H. The number of hydrogen-bond donors (Lipinski definition) is 0. The van der Waals surface area contributed by atoms with E-state index in [9.17, 15) is 0 Å². The highest BCUT2D eigenvalue weighted by atomic mass is 32.1. The summed E-state index contributed by atoms with van der Waals surface area (Å²) in [5, 5.41) is 6.67. The lowest BCUT2D eigenvalue weighted by Crippen LogP contribution is -2.00. The van der Waals surface area contributed by atoms with Gasteiger partial charge in [0.05, 0.1) is 0 Å². The van der Waals surface area contributed by atoms with Crippen molar-refractivity contribution in [2.75, 3.05) is 0 Å². The zero-order chi connectivity index (χ0) is 37.5. The molecule has 6 heteroatoms. The fourth-order valence-electron chi connectivity index (χ4n) is 8.32. The number of fused-ring (bicyclic) bond motifs is 9. The van der Waals surface area contributed by atoms with Crippen LogP contribution < -0.4 is 0 Å². The summed E-state index contributed by atoms with van der Waals surface area (Å²) in [5.41, 5.74) is 10.2. The minimum absolute atomic E-state index is 0.587. The van der Waals surface area contributed by atoms with Crippen LogP contribution in [0.15, 0.2) is 185 Å². The van der Waals surface area contributed by atoms with Gasteiger partial charge in [-0.15, -0.1) is 11.3 Å². The molecule has 4 heterocycles. The first-order valence-corrected chi connectivity index (χ1v) is 19.7. The Hall–Kier alpha value is -7.41. The van der Waals surface area contributed by atoms with Crippen molar-refractivity contribution in [3.05, 3.63) is 176 Å². The topological polar surface area (TPSA) is 65.0 Å². The lowest BCUT2D eigenvalue weighted by Gasteiger charge is -2.10. The molecule has 0 amide bonds. The minimum atomic E-state index is 0.587. The van der Waals surface area contributed by atoms with E-state index in [1.807, 2.05) is 96.3 Å². The van der Waals surface area contributed by atoms with E-state index in [1.165, 1.54) is 20.2 Å². The van der Waals surface area contributed by atoms with Crippen LogP contribution in [0.2, 0.25) is 0 Å². The van der Waals surface area contributed by atoms with Gasteiger partial charge in [-0.05, 0) is 59.2 Å². The summed E-state index contributed by atoms with van der Waals surface area (Å²) < 4.78 is 16.0. The van der Waals surface area contributed by atoms with Gasteiger partial charge < -0.3 is 8.83 Å².